The number of aromatic nitrogens is 2. The Bertz CT molecular complexity index is 852. The minimum Gasteiger partial charge on any atom is -0.342 e. The van der Waals surface area contributed by atoms with Gasteiger partial charge in [0, 0.05) is 31.2 Å². The minimum atomic E-state index is -0.0105. The molecule has 7 heteroatoms. The number of rotatable bonds is 7. The highest BCUT2D eigenvalue weighted by Crippen LogP contribution is 2.41. The molecule has 1 fully saturated rings. The van der Waals surface area contributed by atoms with Gasteiger partial charge in [-0.05, 0) is 43.1 Å². The average Bonchev–Trinajstić information content (AvgIpc) is 3.39. The second-order valence-corrected chi connectivity index (χ2v) is 9.84. The van der Waals surface area contributed by atoms with Gasteiger partial charge in [-0.25, -0.2) is 4.98 Å². The van der Waals surface area contributed by atoms with E-state index in [2.05, 4.69) is 44.8 Å². The van der Waals surface area contributed by atoms with E-state index in [1.165, 1.54) is 0 Å². The molecule has 1 amide bonds. The first-order valence-electron chi connectivity index (χ1n) is 10.4. The monoisotopic (exact) mass is 422 g/mol. The van der Waals surface area contributed by atoms with Crippen molar-refractivity contribution in [3.8, 4) is 0 Å². The molecule has 2 aromatic rings. The molecule has 0 radical (unpaired) electrons. The second-order valence-electron chi connectivity index (χ2n) is 9.84. The molecule has 2 aromatic heterocycles. The zero-order valence-corrected chi connectivity index (χ0v) is 19.3. The van der Waals surface area contributed by atoms with Gasteiger partial charge in [0.15, 0.2) is 0 Å². The lowest BCUT2D eigenvalue weighted by molar-refractivity contribution is 0.0790. The Morgan fingerprint density at radius 1 is 1.34 bits per heavy atom. The first kappa shape index (κ1) is 23.6. The van der Waals surface area contributed by atoms with Crippen LogP contribution >= 0.6 is 12.4 Å². The molecule has 6 nitrogen and oxygen atoms in total. The van der Waals surface area contributed by atoms with E-state index >= 15 is 0 Å². The summed E-state index contributed by atoms with van der Waals surface area (Å²) >= 11 is 0. The van der Waals surface area contributed by atoms with Gasteiger partial charge < -0.3 is 15.2 Å². The second kappa shape index (κ2) is 9.00. The fourth-order valence-electron chi connectivity index (χ4n) is 3.39. The number of pyridine rings is 1. The van der Waals surface area contributed by atoms with Crippen molar-refractivity contribution in [3.63, 3.8) is 0 Å². The quantitative estimate of drug-likeness (QED) is 0.707. The standard InChI is InChI=1S/C22H34N4O2.ClH/c1-13(2)16(23)9-10-26(6)21(27)15-11-17(14-7-8-14)24-20-19(15)18(25-28-20)12-22(3,4)5;/h11,13-14,16H,7-10,12,23H2,1-6H3;1H. The summed E-state index contributed by atoms with van der Waals surface area (Å²) in [5, 5.41) is 5.04. The Kier molecular flexibility index (Phi) is 7.33. The highest BCUT2D eigenvalue weighted by molar-refractivity contribution is 6.06. The molecule has 0 aliphatic heterocycles. The molecule has 0 bridgehead atoms. The minimum absolute atomic E-state index is 0. The largest absolute Gasteiger partial charge is 0.342 e. The zero-order valence-electron chi connectivity index (χ0n) is 18.5. The molecule has 1 atom stereocenters. The first-order chi connectivity index (χ1) is 13.1. The predicted octanol–water partition coefficient (Wildman–Crippen LogP) is 4.56. The third kappa shape index (κ3) is 5.70. The van der Waals surface area contributed by atoms with Gasteiger partial charge in [0.05, 0.1) is 16.6 Å². The van der Waals surface area contributed by atoms with E-state index in [9.17, 15) is 4.79 Å². The van der Waals surface area contributed by atoms with Crippen molar-refractivity contribution in [1.29, 1.82) is 0 Å². The van der Waals surface area contributed by atoms with E-state index in [1.54, 1.807) is 4.90 Å². The summed E-state index contributed by atoms with van der Waals surface area (Å²) in [7, 11) is 1.84. The molecule has 1 unspecified atom stereocenters. The molecule has 1 aliphatic carbocycles. The number of amides is 1. The first-order valence-corrected chi connectivity index (χ1v) is 10.4. The lowest BCUT2D eigenvalue weighted by Crippen LogP contribution is -2.34. The van der Waals surface area contributed by atoms with Crippen molar-refractivity contribution in [2.45, 2.75) is 72.3 Å². The smallest absolute Gasteiger partial charge is 0.259 e. The number of hydrogen-bond acceptors (Lipinski definition) is 5. The van der Waals surface area contributed by atoms with E-state index in [1.807, 2.05) is 13.1 Å². The number of carbonyl (C=O) groups excluding carboxylic acids is 1. The third-order valence-electron chi connectivity index (χ3n) is 5.46. The highest BCUT2D eigenvalue weighted by Gasteiger charge is 2.30. The maximum atomic E-state index is 13.3. The Hall–Kier alpha value is -1.66. The van der Waals surface area contributed by atoms with Gasteiger partial charge in [-0.15, -0.1) is 12.4 Å². The van der Waals surface area contributed by atoms with Gasteiger partial charge in [-0.3, -0.25) is 4.79 Å². The summed E-state index contributed by atoms with van der Waals surface area (Å²) in [5.41, 5.74) is 9.11. The van der Waals surface area contributed by atoms with Gasteiger partial charge in [-0.2, -0.15) is 0 Å². The summed E-state index contributed by atoms with van der Waals surface area (Å²) in [6, 6.07) is 2.05. The van der Waals surface area contributed by atoms with Crippen LogP contribution in [0.25, 0.3) is 11.1 Å². The van der Waals surface area contributed by atoms with E-state index in [-0.39, 0.29) is 29.8 Å². The molecular formula is C22H35ClN4O2. The number of hydrogen-bond donors (Lipinski definition) is 1. The van der Waals surface area contributed by atoms with Gasteiger partial charge in [-0.1, -0.05) is 39.8 Å². The Morgan fingerprint density at radius 3 is 2.55 bits per heavy atom. The van der Waals surface area contributed by atoms with Crippen molar-refractivity contribution >= 4 is 29.4 Å². The van der Waals surface area contributed by atoms with Gasteiger partial charge >= 0.3 is 0 Å². The van der Waals surface area contributed by atoms with E-state index in [0.717, 1.165) is 42.5 Å². The fourth-order valence-corrected chi connectivity index (χ4v) is 3.39. The van der Waals surface area contributed by atoms with Crippen LogP contribution in [0.2, 0.25) is 0 Å². The van der Waals surface area contributed by atoms with Crippen LogP contribution in [0.1, 0.15) is 81.5 Å². The summed E-state index contributed by atoms with van der Waals surface area (Å²) in [6.45, 7) is 11.3. The molecule has 0 spiro atoms. The van der Waals surface area contributed by atoms with Crippen molar-refractivity contribution in [3.05, 3.63) is 23.0 Å². The number of halogens is 1. The number of nitrogens with two attached hydrogens (primary N) is 1. The van der Waals surface area contributed by atoms with Gasteiger partial charge in [0.2, 0.25) is 0 Å². The van der Waals surface area contributed by atoms with Crippen molar-refractivity contribution in [2.75, 3.05) is 13.6 Å². The SMILES string of the molecule is CC(C)C(N)CCN(C)C(=O)c1cc(C2CC2)nc2onc(CC(C)(C)C)c12.Cl. The van der Waals surface area contributed by atoms with Crippen LogP contribution in [0.3, 0.4) is 0 Å². The summed E-state index contributed by atoms with van der Waals surface area (Å²) in [6.07, 6.45) is 3.75. The fraction of sp³-hybridized carbons (Fsp3) is 0.682. The molecule has 1 saturated carbocycles. The number of nitrogens with zero attached hydrogens (tertiary/aromatic N) is 3. The molecule has 0 saturated heterocycles. The molecule has 29 heavy (non-hydrogen) atoms. The van der Waals surface area contributed by atoms with E-state index in [4.69, 9.17) is 10.3 Å². The lowest BCUT2D eigenvalue weighted by Gasteiger charge is -2.22. The summed E-state index contributed by atoms with van der Waals surface area (Å²) < 4.78 is 5.56. The molecule has 2 heterocycles. The maximum Gasteiger partial charge on any atom is 0.259 e. The predicted molar refractivity (Wildman–Crippen MR) is 119 cm³/mol. The molecule has 162 valence electrons. The van der Waals surface area contributed by atoms with Crippen LogP contribution in [0, 0.1) is 11.3 Å². The van der Waals surface area contributed by atoms with Crippen LogP contribution in [0.5, 0.6) is 0 Å². The Balaban J connectivity index is 0.00000300. The normalized spacial score (nSPS) is 15.4. The molecular weight excluding hydrogens is 388 g/mol. The number of carbonyl (C=O) groups is 1. The topological polar surface area (TPSA) is 85.2 Å². The zero-order chi connectivity index (χ0) is 20.6. The van der Waals surface area contributed by atoms with Crippen LogP contribution in [-0.4, -0.2) is 40.6 Å². The van der Waals surface area contributed by atoms with E-state index < -0.39 is 0 Å². The Morgan fingerprint density at radius 2 is 2.00 bits per heavy atom. The maximum absolute atomic E-state index is 13.3. The van der Waals surface area contributed by atoms with Crippen LogP contribution in [-0.2, 0) is 6.42 Å². The van der Waals surface area contributed by atoms with Crippen molar-refractivity contribution in [2.24, 2.45) is 17.1 Å². The van der Waals surface area contributed by atoms with Crippen molar-refractivity contribution < 1.29 is 9.32 Å². The average molecular weight is 423 g/mol. The summed E-state index contributed by atoms with van der Waals surface area (Å²) in [4.78, 5) is 19.8. The van der Waals surface area contributed by atoms with Crippen LogP contribution in [0.15, 0.2) is 10.6 Å². The van der Waals surface area contributed by atoms with Crippen LogP contribution < -0.4 is 5.73 Å². The van der Waals surface area contributed by atoms with Crippen molar-refractivity contribution in [1.82, 2.24) is 15.0 Å². The molecule has 0 aromatic carbocycles. The van der Waals surface area contributed by atoms with Gasteiger partial charge in [0.1, 0.15) is 0 Å². The van der Waals surface area contributed by atoms with E-state index in [0.29, 0.717) is 29.7 Å². The molecule has 2 N–H and O–H groups in total. The molecule has 1 aliphatic rings. The third-order valence-corrected chi connectivity index (χ3v) is 5.46. The highest BCUT2D eigenvalue weighted by atomic mass is 35.5. The lowest BCUT2D eigenvalue weighted by atomic mass is 9.89. The van der Waals surface area contributed by atoms with Gasteiger partial charge in [0.25, 0.3) is 11.6 Å². The number of fused-ring (bicyclic) bond motifs is 1. The van der Waals surface area contributed by atoms with Crippen LogP contribution in [0.4, 0.5) is 0 Å². The Labute approximate surface area is 180 Å². The summed E-state index contributed by atoms with van der Waals surface area (Å²) in [5.74, 6) is 0.824. The molecule has 3 rings (SSSR count).